The molecule has 0 aromatic carbocycles. The molecule has 1 N–H and O–H groups in total. The number of nitrogens with one attached hydrogen (secondary N) is 1. The summed E-state index contributed by atoms with van der Waals surface area (Å²) in [6, 6.07) is 4.58. The van der Waals surface area contributed by atoms with Crippen molar-refractivity contribution in [3.63, 3.8) is 0 Å². The number of hydrogen-bond acceptors (Lipinski definition) is 2. The summed E-state index contributed by atoms with van der Waals surface area (Å²) in [4.78, 5) is 0. The van der Waals surface area contributed by atoms with Crippen molar-refractivity contribution in [1.29, 1.82) is 0 Å². The maximum absolute atomic E-state index is 5.27. The topological polar surface area (TPSA) is 25.2 Å². The highest BCUT2D eigenvalue weighted by molar-refractivity contribution is 5.12. The number of rotatable bonds is 1. The lowest BCUT2D eigenvalue weighted by Crippen LogP contribution is -2.48. The summed E-state index contributed by atoms with van der Waals surface area (Å²) >= 11 is 0. The fourth-order valence-electron chi connectivity index (χ4n) is 1.32. The van der Waals surface area contributed by atoms with Crippen molar-refractivity contribution in [2.45, 2.75) is 18.9 Å². The molecule has 2 unspecified atom stereocenters. The van der Waals surface area contributed by atoms with Crippen LogP contribution in [0.2, 0.25) is 0 Å². The Bertz CT molecular complexity index is 205. The molecule has 0 spiro atoms. The van der Waals surface area contributed by atoms with Gasteiger partial charge in [-0.15, -0.1) is 0 Å². The molecule has 2 atom stereocenters. The minimum Gasteiger partial charge on any atom is -0.469 e. The van der Waals surface area contributed by atoms with Gasteiger partial charge in [-0.2, -0.15) is 0 Å². The Labute approximate surface area is 60.2 Å². The zero-order valence-electron chi connectivity index (χ0n) is 6.00. The van der Waals surface area contributed by atoms with E-state index in [-0.39, 0.29) is 0 Å². The van der Waals surface area contributed by atoms with Gasteiger partial charge in [-0.05, 0) is 19.1 Å². The maximum Gasteiger partial charge on any atom is 0.109 e. The molecule has 0 aliphatic carbocycles. The molecule has 2 heterocycles. The van der Waals surface area contributed by atoms with Crippen LogP contribution >= 0.6 is 0 Å². The molecule has 54 valence electrons. The molecule has 1 aromatic heterocycles. The zero-order valence-corrected chi connectivity index (χ0v) is 6.00. The Morgan fingerprint density at radius 3 is 3.00 bits per heavy atom. The third kappa shape index (κ3) is 0.762. The summed E-state index contributed by atoms with van der Waals surface area (Å²) in [5.74, 6) is 1.72. The van der Waals surface area contributed by atoms with E-state index in [1.165, 1.54) is 0 Å². The standard InChI is InChI=1S/C8H11NO/c1-6-7(5-9-6)8-3-2-4-10-8/h2-4,6-7,9H,5H2,1H3. The highest BCUT2D eigenvalue weighted by Gasteiger charge is 2.29. The quantitative estimate of drug-likeness (QED) is 0.632. The summed E-state index contributed by atoms with van der Waals surface area (Å²) in [5, 5.41) is 3.29. The largest absolute Gasteiger partial charge is 0.469 e. The van der Waals surface area contributed by atoms with Gasteiger partial charge < -0.3 is 9.73 Å². The molecule has 2 nitrogen and oxygen atoms in total. The summed E-state index contributed by atoms with van der Waals surface area (Å²) in [6.07, 6.45) is 1.74. The lowest BCUT2D eigenvalue weighted by molar-refractivity contribution is 0.289. The molecule has 1 aromatic rings. The fraction of sp³-hybridized carbons (Fsp3) is 0.500. The van der Waals surface area contributed by atoms with Crippen molar-refractivity contribution in [2.24, 2.45) is 0 Å². The van der Waals surface area contributed by atoms with Crippen LogP contribution in [-0.2, 0) is 0 Å². The van der Waals surface area contributed by atoms with Gasteiger partial charge in [-0.1, -0.05) is 0 Å². The van der Waals surface area contributed by atoms with E-state index in [2.05, 4.69) is 12.2 Å². The highest BCUT2D eigenvalue weighted by Crippen LogP contribution is 2.25. The molecule has 2 rings (SSSR count). The van der Waals surface area contributed by atoms with Crippen LogP contribution in [0, 0.1) is 0 Å². The molecule has 10 heavy (non-hydrogen) atoms. The van der Waals surface area contributed by atoms with Gasteiger partial charge in [0.2, 0.25) is 0 Å². The number of furan rings is 1. The predicted octanol–water partition coefficient (Wildman–Crippen LogP) is 1.35. The molecular weight excluding hydrogens is 126 g/mol. The van der Waals surface area contributed by atoms with E-state index in [0.717, 1.165) is 12.3 Å². The smallest absolute Gasteiger partial charge is 0.109 e. The summed E-state index contributed by atoms with van der Waals surface area (Å²) < 4.78 is 5.27. The first kappa shape index (κ1) is 5.98. The van der Waals surface area contributed by atoms with Crippen LogP contribution in [0.1, 0.15) is 18.6 Å². The van der Waals surface area contributed by atoms with Gasteiger partial charge in [-0.25, -0.2) is 0 Å². The Kier molecular flexibility index (Phi) is 1.27. The summed E-state index contributed by atoms with van der Waals surface area (Å²) in [6.45, 7) is 3.24. The molecule has 1 aliphatic rings. The second-order valence-corrected chi connectivity index (χ2v) is 2.82. The van der Waals surface area contributed by atoms with E-state index in [1.54, 1.807) is 6.26 Å². The highest BCUT2D eigenvalue weighted by atomic mass is 16.3. The van der Waals surface area contributed by atoms with Gasteiger partial charge in [0.25, 0.3) is 0 Å². The van der Waals surface area contributed by atoms with Crippen molar-refractivity contribution >= 4 is 0 Å². The molecule has 2 heteroatoms. The first-order valence-corrected chi connectivity index (χ1v) is 3.65. The van der Waals surface area contributed by atoms with Gasteiger partial charge in [0.05, 0.1) is 6.26 Å². The Hall–Kier alpha value is -0.760. The van der Waals surface area contributed by atoms with E-state index in [0.29, 0.717) is 12.0 Å². The van der Waals surface area contributed by atoms with Crippen molar-refractivity contribution < 1.29 is 4.42 Å². The number of hydrogen-bond donors (Lipinski definition) is 1. The van der Waals surface area contributed by atoms with Crippen molar-refractivity contribution in [1.82, 2.24) is 5.32 Å². The first-order valence-electron chi connectivity index (χ1n) is 3.65. The van der Waals surface area contributed by atoms with E-state index in [1.807, 2.05) is 12.1 Å². The van der Waals surface area contributed by atoms with Crippen LogP contribution < -0.4 is 5.32 Å². The predicted molar refractivity (Wildman–Crippen MR) is 38.9 cm³/mol. The second kappa shape index (κ2) is 2.13. The van der Waals surface area contributed by atoms with Gasteiger partial charge in [0.1, 0.15) is 5.76 Å². The molecule has 0 radical (unpaired) electrons. The monoisotopic (exact) mass is 137 g/mol. The van der Waals surface area contributed by atoms with Crippen LogP contribution in [0.3, 0.4) is 0 Å². The van der Waals surface area contributed by atoms with Crippen LogP contribution in [0.25, 0.3) is 0 Å². The maximum atomic E-state index is 5.27. The minimum atomic E-state index is 0.589. The lowest BCUT2D eigenvalue weighted by atomic mass is 9.91. The molecule has 1 aliphatic heterocycles. The molecule has 0 amide bonds. The van der Waals surface area contributed by atoms with E-state index in [4.69, 9.17) is 4.42 Å². The van der Waals surface area contributed by atoms with Gasteiger partial charge in [0, 0.05) is 18.5 Å². The third-order valence-corrected chi connectivity index (χ3v) is 2.17. The average Bonchev–Trinajstić information content (AvgIpc) is 2.37. The average molecular weight is 137 g/mol. The summed E-state index contributed by atoms with van der Waals surface area (Å²) in [7, 11) is 0. The van der Waals surface area contributed by atoms with Crippen LogP contribution in [0.15, 0.2) is 22.8 Å². The van der Waals surface area contributed by atoms with Crippen LogP contribution in [0.5, 0.6) is 0 Å². The molecule has 1 fully saturated rings. The molecule has 0 saturated carbocycles. The Morgan fingerprint density at radius 2 is 2.60 bits per heavy atom. The van der Waals surface area contributed by atoms with Crippen LogP contribution in [0.4, 0.5) is 0 Å². The summed E-state index contributed by atoms with van der Waals surface area (Å²) in [5.41, 5.74) is 0. The second-order valence-electron chi connectivity index (χ2n) is 2.82. The van der Waals surface area contributed by atoms with Crippen LogP contribution in [-0.4, -0.2) is 12.6 Å². The normalized spacial score (nSPS) is 31.7. The van der Waals surface area contributed by atoms with Gasteiger partial charge in [-0.3, -0.25) is 0 Å². The Balaban J connectivity index is 2.14. The SMILES string of the molecule is CC1NCC1c1ccco1. The minimum absolute atomic E-state index is 0.589. The fourth-order valence-corrected chi connectivity index (χ4v) is 1.32. The van der Waals surface area contributed by atoms with Crippen molar-refractivity contribution in [2.75, 3.05) is 6.54 Å². The first-order chi connectivity index (χ1) is 4.88. The third-order valence-electron chi connectivity index (χ3n) is 2.17. The van der Waals surface area contributed by atoms with E-state index in [9.17, 15) is 0 Å². The van der Waals surface area contributed by atoms with Gasteiger partial charge in [0.15, 0.2) is 0 Å². The Morgan fingerprint density at radius 1 is 1.70 bits per heavy atom. The molecule has 0 bridgehead atoms. The van der Waals surface area contributed by atoms with Crippen molar-refractivity contribution in [3.05, 3.63) is 24.2 Å². The van der Waals surface area contributed by atoms with E-state index < -0.39 is 0 Å². The zero-order chi connectivity index (χ0) is 6.97. The molecule has 1 saturated heterocycles. The van der Waals surface area contributed by atoms with Gasteiger partial charge >= 0.3 is 0 Å². The van der Waals surface area contributed by atoms with Crippen molar-refractivity contribution in [3.8, 4) is 0 Å². The molecular formula is C8H11NO. The lowest BCUT2D eigenvalue weighted by Gasteiger charge is -2.33. The van der Waals surface area contributed by atoms with E-state index >= 15 is 0 Å².